The van der Waals surface area contributed by atoms with Crippen LogP contribution < -0.4 is 0 Å². The summed E-state index contributed by atoms with van der Waals surface area (Å²) in [6.45, 7) is 0. The van der Waals surface area contributed by atoms with Crippen LogP contribution >= 0.6 is 0 Å². The highest BCUT2D eigenvalue weighted by Gasteiger charge is 2.14. The van der Waals surface area contributed by atoms with Crippen molar-refractivity contribution in [1.29, 1.82) is 0 Å². The van der Waals surface area contributed by atoms with E-state index in [4.69, 9.17) is 0 Å². The van der Waals surface area contributed by atoms with Crippen molar-refractivity contribution in [3.05, 3.63) is 77.6 Å². The molecule has 0 atom stereocenters. The molecule has 1 aliphatic carbocycles. The number of fused-ring (bicyclic) bond motifs is 1. The third kappa shape index (κ3) is 4.10. The number of pyridine rings is 1. The second kappa shape index (κ2) is 7.82. The Bertz CT molecular complexity index is 808. The molecule has 0 bridgehead atoms. The summed E-state index contributed by atoms with van der Waals surface area (Å²) in [4.78, 5) is 4.62. The SMILES string of the molecule is c1ccc2c(Cc3ccc(CCCC4CCCC4)cc3)nccc2c1. The lowest BCUT2D eigenvalue weighted by molar-refractivity contribution is 0.484. The highest BCUT2D eigenvalue weighted by atomic mass is 14.7. The van der Waals surface area contributed by atoms with E-state index >= 15 is 0 Å². The summed E-state index contributed by atoms with van der Waals surface area (Å²) >= 11 is 0. The molecule has 2 aromatic carbocycles. The van der Waals surface area contributed by atoms with Gasteiger partial charge in [-0.05, 0) is 41.3 Å². The first-order chi connectivity index (χ1) is 12.4. The molecular weight excluding hydrogens is 302 g/mol. The third-order valence-electron chi connectivity index (χ3n) is 5.70. The van der Waals surface area contributed by atoms with Crippen LogP contribution in [-0.4, -0.2) is 4.98 Å². The zero-order valence-electron chi connectivity index (χ0n) is 15.0. The number of aromatic nitrogens is 1. The Morgan fingerprint density at radius 1 is 0.840 bits per heavy atom. The van der Waals surface area contributed by atoms with E-state index in [1.807, 2.05) is 6.20 Å². The molecule has 0 unspecified atom stereocenters. The lowest BCUT2D eigenvalue weighted by Crippen LogP contribution is -1.96. The zero-order valence-corrected chi connectivity index (χ0v) is 15.0. The molecule has 1 fully saturated rings. The molecule has 0 amide bonds. The van der Waals surface area contributed by atoms with Crippen molar-refractivity contribution in [3.63, 3.8) is 0 Å². The molecule has 0 aliphatic heterocycles. The van der Waals surface area contributed by atoms with E-state index in [0.717, 1.165) is 12.3 Å². The maximum atomic E-state index is 4.62. The fraction of sp³-hybridized carbons (Fsp3) is 0.375. The van der Waals surface area contributed by atoms with Crippen LogP contribution in [0.5, 0.6) is 0 Å². The molecule has 4 rings (SSSR count). The highest BCUT2D eigenvalue weighted by Crippen LogP contribution is 2.29. The molecule has 1 nitrogen and oxygen atoms in total. The molecule has 1 aromatic heterocycles. The summed E-state index contributed by atoms with van der Waals surface area (Å²) in [6, 6.07) is 19.8. The molecule has 1 aliphatic rings. The first kappa shape index (κ1) is 16.3. The predicted octanol–water partition coefficient (Wildman–Crippen LogP) is 6.34. The second-order valence-corrected chi connectivity index (χ2v) is 7.51. The number of rotatable bonds is 6. The first-order valence-electron chi connectivity index (χ1n) is 9.79. The summed E-state index contributed by atoms with van der Waals surface area (Å²) in [5.74, 6) is 1.01. The van der Waals surface area contributed by atoms with Crippen LogP contribution in [0.15, 0.2) is 60.8 Å². The smallest absolute Gasteiger partial charge is 0.0525 e. The molecule has 1 saturated carbocycles. The standard InChI is InChI=1S/C24H27N/c1-2-7-19(6-1)8-5-9-20-12-14-21(15-13-20)18-24-23-11-4-3-10-22(23)16-17-25-24/h3-4,10-17,19H,1-2,5-9,18H2. The minimum absolute atomic E-state index is 0.906. The molecule has 1 heterocycles. The topological polar surface area (TPSA) is 12.9 Å². The van der Waals surface area contributed by atoms with Gasteiger partial charge in [-0.1, -0.05) is 80.6 Å². The van der Waals surface area contributed by atoms with Gasteiger partial charge in [-0.3, -0.25) is 4.98 Å². The Balaban J connectivity index is 1.38. The van der Waals surface area contributed by atoms with E-state index in [1.54, 1.807) is 0 Å². The van der Waals surface area contributed by atoms with Gasteiger partial charge >= 0.3 is 0 Å². The Morgan fingerprint density at radius 2 is 1.60 bits per heavy atom. The van der Waals surface area contributed by atoms with Crippen molar-refractivity contribution in [2.45, 2.75) is 51.4 Å². The highest BCUT2D eigenvalue weighted by molar-refractivity contribution is 5.84. The van der Waals surface area contributed by atoms with Gasteiger partial charge in [0, 0.05) is 18.0 Å². The molecule has 25 heavy (non-hydrogen) atoms. The second-order valence-electron chi connectivity index (χ2n) is 7.51. The van der Waals surface area contributed by atoms with Crippen molar-refractivity contribution in [2.75, 3.05) is 0 Å². The van der Waals surface area contributed by atoms with Crippen molar-refractivity contribution in [1.82, 2.24) is 4.98 Å². The van der Waals surface area contributed by atoms with Crippen LogP contribution in [-0.2, 0) is 12.8 Å². The van der Waals surface area contributed by atoms with Gasteiger partial charge in [0.1, 0.15) is 0 Å². The van der Waals surface area contributed by atoms with Crippen LogP contribution in [0.1, 0.15) is 55.3 Å². The summed E-state index contributed by atoms with van der Waals surface area (Å²) in [5, 5.41) is 2.54. The van der Waals surface area contributed by atoms with Gasteiger partial charge in [-0.25, -0.2) is 0 Å². The van der Waals surface area contributed by atoms with Crippen molar-refractivity contribution in [3.8, 4) is 0 Å². The zero-order chi connectivity index (χ0) is 16.9. The number of hydrogen-bond acceptors (Lipinski definition) is 1. The summed E-state index contributed by atoms with van der Waals surface area (Å²) < 4.78 is 0. The lowest BCUT2D eigenvalue weighted by atomic mass is 9.97. The first-order valence-corrected chi connectivity index (χ1v) is 9.79. The van der Waals surface area contributed by atoms with Crippen LogP contribution in [0, 0.1) is 5.92 Å². The summed E-state index contributed by atoms with van der Waals surface area (Å²) in [6.07, 6.45) is 12.7. The largest absolute Gasteiger partial charge is 0.260 e. The number of aryl methyl sites for hydroxylation is 1. The van der Waals surface area contributed by atoms with E-state index in [9.17, 15) is 0 Å². The van der Waals surface area contributed by atoms with Gasteiger partial charge in [-0.15, -0.1) is 0 Å². The Kier molecular flexibility index (Phi) is 5.11. The van der Waals surface area contributed by atoms with Crippen LogP contribution in [0.3, 0.4) is 0 Å². The normalized spacial score (nSPS) is 15.0. The lowest BCUT2D eigenvalue weighted by Gasteiger charge is -2.09. The summed E-state index contributed by atoms with van der Waals surface area (Å²) in [5.41, 5.74) is 4.00. The fourth-order valence-corrected chi connectivity index (χ4v) is 4.23. The van der Waals surface area contributed by atoms with E-state index in [1.165, 1.54) is 72.5 Å². The van der Waals surface area contributed by atoms with Gasteiger partial charge in [0.15, 0.2) is 0 Å². The van der Waals surface area contributed by atoms with Crippen molar-refractivity contribution in [2.24, 2.45) is 5.92 Å². The minimum atomic E-state index is 0.906. The minimum Gasteiger partial charge on any atom is -0.260 e. The quantitative estimate of drug-likeness (QED) is 0.514. The number of benzene rings is 2. The molecule has 0 radical (unpaired) electrons. The molecule has 1 heteroatoms. The molecular formula is C24H27N. The van der Waals surface area contributed by atoms with Crippen LogP contribution in [0.25, 0.3) is 10.8 Å². The number of hydrogen-bond donors (Lipinski definition) is 0. The molecule has 3 aromatic rings. The molecule has 128 valence electrons. The van der Waals surface area contributed by atoms with E-state index in [2.05, 4.69) is 59.6 Å². The van der Waals surface area contributed by atoms with Gasteiger partial charge in [0.2, 0.25) is 0 Å². The Morgan fingerprint density at radius 3 is 2.44 bits per heavy atom. The van der Waals surface area contributed by atoms with E-state index < -0.39 is 0 Å². The maximum Gasteiger partial charge on any atom is 0.0525 e. The molecule has 0 spiro atoms. The van der Waals surface area contributed by atoms with Gasteiger partial charge in [-0.2, -0.15) is 0 Å². The number of nitrogens with zero attached hydrogens (tertiary/aromatic N) is 1. The average Bonchev–Trinajstić information content (AvgIpc) is 3.17. The van der Waals surface area contributed by atoms with Crippen molar-refractivity contribution < 1.29 is 0 Å². The predicted molar refractivity (Wildman–Crippen MR) is 106 cm³/mol. The van der Waals surface area contributed by atoms with E-state index in [0.29, 0.717) is 0 Å². The Hall–Kier alpha value is -2.15. The maximum absolute atomic E-state index is 4.62. The van der Waals surface area contributed by atoms with Gasteiger partial charge in [0.05, 0.1) is 5.69 Å². The summed E-state index contributed by atoms with van der Waals surface area (Å²) in [7, 11) is 0. The average molecular weight is 329 g/mol. The third-order valence-corrected chi connectivity index (χ3v) is 5.70. The van der Waals surface area contributed by atoms with Crippen molar-refractivity contribution >= 4 is 10.8 Å². The van der Waals surface area contributed by atoms with E-state index in [-0.39, 0.29) is 0 Å². The fourth-order valence-electron chi connectivity index (χ4n) is 4.23. The molecule has 0 N–H and O–H groups in total. The van der Waals surface area contributed by atoms with Crippen LogP contribution in [0.4, 0.5) is 0 Å². The van der Waals surface area contributed by atoms with Gasteiger partial charge < -0.3 is 0 Å². The molecule has 0 saturated heterocycles. The van der Waals surface area contributed by atoms with Crippen LogP contribution in [0.2, 0.25) is 0 Å². The van der Waals surface area contributed by atoms with Gasteiger partial charge in [0.25, 0.3) is 0 Å². The monoisotopic (exact) mass is 329 g/mol. The Labute approximate surface area is 151 Å².